The fraction of sp³-hybridized carbons (Fsp3) is 0.292. The highest BCUT2D eigenvalue weighted by molar-refractivity contribution is 5.89. The summed E-state index contributed by atoms with van der Waals surface area (Å²) in [6.45, 7) is 18.8. The second kappa shape index (κ2) is 14.6. The van der Waals surface area contributed by atoms with Crippen molar-refractivity contribution in [2.75, 3.05) is 13.2 Å². The van der Waals surface area contributed by atoms with Gasteiger partial charge < -0.3 is 14.2 Å². The van der Waals surface area contributed by atoms with Crippen LogP contribution in [-0.2, 0) is 28.6 Å². The zero-order valence-electron chi connectivity index (χ0n) is 17.9. The second-order valence-corrected chi connectivity index (χ2v) is 6.33. The minimum Gasteiger partial charge on any atom is -0.463 e. The first-order valence-electron chi connectivity index (χ1n) is 9.33. The Morgan fingerprint density at radius 1 is 0.933 bits per heavy atom. The molecule has 0 saturated carbocycles. The minimum absolute atomic E-state index is 0.0126. The maximum Gasteiger partial charge on any atom is 0.333 e. The fourth-order valence-electron chi connectivity index (χ4n) is 1.86. The van der Waals surface area contributed by atoms with Crippen molar-refractivity contribution < 1.29 is 28.6 Å². The number of ether oxygens (including phenoxy) is 3. The van der Waals surface area contributed by atoms with Gasteiger partial charge in [-0.2, -0.15) is 0 Å². The van der Waals surface area contributed by atoms with E-state index in [1.165, 1.54) is 19.4 Å². The van der Waals surface area contributed by atoms with Crippen molar-refractivity contribution in [2.45, 2.75) is 33.3 Å². The molecule has 0 radical (unpaired) electrons. The molecule has 0 amide bonds. The third-order valence-corrected chi connectivity index (χ3v) is 3.44. The van der Waals surface area contributed by atoms with E-state index in [4.69, 9.17) is 14.2 Å². The number of esters is 3. The maximum absolute atomic E-state index is 11.6. The smallest absolute Gasteiger partial charge is 0.333 e. The van der Waals surface area contributed by atoms with E-state index in [2.05, 4.69) is 26.3 Å². The summed E-state index contributed by atoms with van der Waals surface area (Å²) in [6.07, 6.45) is 0.964. The van der Waals surface area contributed by atoms with Crippen LogP contribution in [0.25, 0.3) is 6.08 Å². The van der Waals surface area contributed by atoms with Gasteiger partial charge in [-0.15, -0.1) is 0 Å². The third-order valence-electron chi connectivity index (χ3n) is 3.44. The number of benzene rings is 1. The SMILES string of the molecule is C=C(C)C(=O)OCC(CC(=C)C(=O)OCC)OC(=O)C(=C)C.C=Cc1ccccc1. The Balaban J connectivity index is 0.000000867. The summed E-state index contributed by atoms with van der Waals surface area (Å²) in [7, 11) is 0. The lowest BCUT2D eigenvalue weighted by Gasteiger charge is -2.18. The van der Waals surface area contributed by atoms with Gasteiger partial charge in [-0.05, 0) is 26.3 Å². The lowest BCUT2D eigenvalue weighted by atomic mass is 10.1. The molecule has 1 atom stereocenters. The largest absolute Gasteiger partial charge is 0.463 e. The maximum atomic E-state index is 11.6. The summed E-state index contributed by atoms with van der Waals surface area (Å²) >= 11 is 0. The van der Waals surface area contributed by atoms with E-state index in [-0.39, 0.29) is 36.4 Å². The average molecular weight is 414 g/mol. The number of carbonyl (C=O) groups is 3. The van der Waals surface area contributed by atoms with Crippen molar-refractivity contribution in [3.8, 4) is 0 Å². The van der Waals surface area contributed by atoms with Gasteiger partial charge in [0, 0.05) is 23.1 Å². The predicted octanol–water partition coefficient (Wildman–Crippen LogP) is 4.43. The molecule has 6 heteroatoms. The van der Waals surface area contributed by atoms with Crippen molar-refractivity contribution in [1.29, 1.82) is 0 Å². The lowest BCUT2D eigenvalue weighted by molar-refractivity contribution is -0.154. The number of hydrogen-bond acceptors (Lipinski definition) is 6. The van der Waals surface area contributed by atoms with Gasteiger partial charge in [0.05, 0.1) is 6.61 Å². The highest BCUT2D eigenvalue weighted by atomic mass is 16.6. The summed E-state index contributed by atoms with van der Waals surface area (Å²) in [5.74, 6) is -1.85. The molecular weight excluding hydrogens is 384 g/mol. The quantitative estimate of drug-likeness (QED) is 0.320. The molecule has 0 saturated heterocycles. The zero-order chi connectivity index (χ0) is 23.1. The molecule has 1 aromatic carbocycles. The highest BCUT2D eigenvalue weighted by Gasteiger charge is 2.21. The standard InChI is InChI=1S/C16H22O6.C8H8/c1-7-20-16(19)12(6)8-13(22-15(18)11(4)5)9-21-14(17)10(2)3;1-2-8-6-4-3-5-7-8/h13H,2,4,6-9H2,1,3,5H3;2-7H,1H2. The van der Waals surface area contributed by atoms with Crippen LogP contribution in [0.3, 0.4) is 0 Å². The molecule has 1 rings (SSSR count). The molecular formula is C24H30O6. The molecule has 1 aromatic rings. The number of rotatable bonds is 10. The van der Waals surface area contributed by atoms with E-state index >= 15 is 0 Å². The van der Waals surface area contributed by atoms with Gasteiger partial charge in [-0.3, -0.25) is 0 Å². The van der Waals surface area contributed by atoms with E-state index < -0.39 is 24.0 Å². The molecule has 0 aromatic heterocycles. The Bertz CT molecular complexity index is 776. The Labute approximate surface area is 178 Å². The van der Waals surface area contributed by atoms with Gasteiger partial charge in [0.25, 0.3) is 0 Å². The predicted molar refractivity (Wildman–Crippen MR) is 117 cm³/mol. The molecule has 0 fully saturated rings. The Hall–Kier alpha value is -3.41. The van der Waals surface area contributed by atoms with Gasteiger partial charge in [-0.1, -0.05) is 62.7 Å². The average Bonchev–Trinajstić information content (AvgIpc) is 2.72. The number of hydrogen-bond donors (Lipinski definition) is 0. The van der Waals surface area contributed by atoms with E-state index in [0.717, 1.165) is 0 Å². The first-order chi connectivity index (χ1) is 14.1. The van der Waals surface area contributed by atoms with Gasteiger partial charge in [0.15, 0.2) is 0 Å². The summed E-state index contributed by atoms with van der Waals surface area (Å²) < 4.78 is 14.9. The van der Waals surface area contributed by atoms with Crippen LogP contribution in [0.15, 0.2) is 73.4 Å². The van der Waals surface area contributed by atoms with Crippen LogP contribution in [-0.4, -0.2) is 37.2 Å². The molecule has 162 valence electrons. The molecule has 0 aliphatic carbocycles. The Kier molecular flexibility index (Phi) is 12.9. The monoisotopic (exact) mass is 414 g/mol. The van der Waals surface area contributed by atoms with Crippen molar-refractivity contribution in [3.63, 3.8) is 0 Å². The molecule has 30 heavy (non-hydrogen) atoms. The molecule has 0 heterocycles. The van der Waals surface area contributed by atoms with E-state index in [0.29, 0.717) is 0 Å². The topological polar surface area (TPSA) is 78.9 Å². The van der Waals surface area contributed by atoms with E-state index in [1.807, 2.05) is 36.4 Å². The first kappa shape index (κ1) is 26.6. The molecule has 6 nitrogen and oxygen atoms in total. The van der Waals surface area contributed by atoms with Gasteiger partial charge in [-0.25, -0.2) is 14.4 Å². The van der Waals surface area contributed by atoms with Crippen molar-refractivity contribution in [2.24, 2.45) is 0 Å². The molecule has 0 aliphatic heterocycles. The van der Waals surface area contributed by atoms with Gasteiger partial charge in [0.1, 0.15) is 12.7 Å². The first-order valence-corrected chi connectivity index (χ1v) is 9.33. The van der Waals surface area contributed by atoms with E-state index in [1.54, 1.807) is 6.92 Å². The summed E-state index contributed by atoms with van der Waals surface area (Å²) in [5.41, 5.74) is 1.70. The van der Waals surface area contributed by atoms with Crippen LogP contribution in [0.4, 0.5) is 0 Å². The Morgan fingerprint density at radius 2 is 1.50 bits per heavy atom. The van der Waals surface area contributed by atoms with Crippen LogP contribution < -0.4 is 0 Å². The highest BCUT2D eigenvalue weighted by Crippen LogP contribution is 2.12. The van der Waals surface area contributed by atoms with Crippen molar-refractivity contribution >= 4 is 24.0 Å². The van der Waals surface area contributed by atoms with Crippen LogP contribution in [0.2, 0.25) is 0 Å². The molecule has 0 N–H and O–H groups in total. The number of carbonyl (C=O) groups excluding carboxylic acids is 3. The van der Waals surface area contributed by atoms with Gasteiger partial charge in [0.2, 0.25) is 0 Å². The second-order valence-electron chi connectivity index (χ2n) is 6.33. The summed E-state index contributed by atoms with van der Waals surface area (Å²) in [5, 5.41) is 0. The molecule has 0 bridgehead atoms. The molecule has 0 aliphatic rings. The van der Waals surface area contributed by atoms with Gasteiger partial charge >= 0.3 is 17.9 Å². The van der Waals surface area contributed by atoms with Crippen LogP contribution in [0.1, 0.15) is 32.8 Å². The Morgan fingerprint density at radius 3 is 1.93 bits per heavy atom. The van der Waals surface area contributed by atoms with Crippen molar-refractivity contribution in [3.05, 3.63) is 78.9 Å². The molecule has 1 unspecified atom stereocenters. The minimum atomic E-state index is -0.857. The van der Waals surface area contributed by atoms with E-state index in [9.17, 15) is 14.4 Å². The summed E-state index contributed by atoms with van der Waals surface area (Å²) in [4.78, 5) is 34.5. The van der Waals surface area contributed by atoms with Crippen LogP contribution in [0.5, 0.6) is 0 Å². The fourth-order valence-corrected chi connectivity index (χ4v) is 1.86. The third kappa shape index (κ3) is 11.4. The zero-order valence-corrected chi connectivity index (χ0v) is 17.9. The van der Waals surface area contributed by atoms with Crippen LogP contribution in [0, 0.1) is 0 Å². The van der Waals surface area contributed by atoms with Crippen LogP contribution >= 0.6 is 0 Å². The summed E-state index contributed by atoms with van der Waals surface area (Å²) in [6, 6.07) is 10.0. The lowest BCUT2D eigenvalue weighted by Crippen LogP contribution is -2.27. The van der Waals surface area contributed by atoms with Crippen molar-refractivity contribution in [1.82, 2.24) is 0 Å². The normalized spacial score (nSPS) is 10.4. The molecule has 0 spiro atoms.